The van der Waals surface area contributed by atoms with Crippen LogP contribution in [0.2, 0.25) is 0 Å². The number of rotatable bonds is 7. The maximum absolute atomic E-state index is 3.53. The fraction of sp³-hybridized carbons (Fsp3) is 0.571. The molecule has 0 amide bonds. The van der Waals surface area contributed by atoms with E-state index in [0.717, 1.165) is 30.1 Å². The Kier molecular flexibility index (Phi) is 5.01. The lowest BCUT2D eigenvalue weighted by Gasteiger charge is -2.08. The van der Waals surface area contributed by atoms with E-state index in [2.05, 4.69) is 51.7 Å². The molecule has 17 heavy (non-hydrogen) atoms. The van der Waals surface area contributed by atoms with Crippen molar-refractivity contribution in [1.82, 2.24) is 10.6 Å². The molecule has 3 heteroatoms. The Morgan fingerprint density at radius 2 is 2.12 bits per heavy atom. The second kappa shape index (κ2) is 6.53. The van der Waals surface area contributed by atoms with Crippen LogP contribution in [0.5, 0.6) is 0 Å². The van der Waals surface area contributed by atoms with E-state index in [1.807, 2.05) is 0 Å². The van der Waals surface area contributed by atoms with Crippen LogP contribution >= 0.6 is 15.9 Å². The van der Waals surface area contributed by atoms with Gasteiger partial charge >= 0.3 is 0 Å². The minimum absolute atomic E-state index is 0.837. The fourth-order valence-corrected chi connectivity index (χ4v) is 2.36. The zero-order chi connectivity index (χ0) is 12.1. The van der Waals surface area contributed by atoms with E-state index < -0.39 is 0 Å². The van der Waals surface area contributed by atoms with E-state index in [4.69, 9.17) is 0 Å². The maximum atomic E-state index is 3.53. The molecule has 2 nitrogen and oxygen atoms in total. The normalized spacial score (nSPS) is 15.2. The first-order chi connectivity index (χ1) is 8.25. The largest absolute Gasteiger partial charge is 0.314 e. The van der Waals surface area contributed by atoms with Gasteiger partial charge in [0.1, 0.15) is 0 Å². The summed E-state index contributed by atoms with van der Waals surface area (Å²) in [5.41, 5.74) is 2.74. The van der Waals surface area contributed by atoms with Crippen molar-refractivity contribution in [2.75, 3.05) is 13.1 Å². The first-order valence-electron chi connectivity index (χ1n) is 6.45. The summed E-state index contributed by atoms with van der Waals surface area (Å²) >= 11 is 3.49. The van der Waals surface area contributed by atoms with Gasteiger partial charge in [-0.25, -0.2) is 0 Å². The molecule has 0 saturated heterocycles. The standard InChI is InChI=1S/C14H21BrN2/c1-11-9-13(15)4-3-12(11)10-16-7-2-8-17-14-5-6-14/h3-4,9,14,16-17H,2,5-8,10H2,1H3. The van der Waals surface area contributed by atoms with Gasteiger partial charge in [-0.3, -0.25) is 0 Å². The van der Waals surface area contributed by atoms with Crippen LogP contribution in [0, 0.1) is 6.92 Å². The number of nitrogens with one attached hydrogen (secondary N) is 2. The zero-order valence-corrected chi connectivity index (χ0v) is 12.0. The van der Waals surface area contributed by atoms with Crippen LogP contribution in [0.1, 0.15) is 30.4 Å². The van der Waals surface area contributed by atoms with Crippen LogP contribution in [0.3, 0.4) is 0 Å². The third kappa shape index (κ3) is 4.78. The molecular formula is C14H21BrN2. The molecule has 1 aromatic rings. The molecule has 0 aliphatic heterocycles. The highest BCUT2D eigenvalue weighted by atomic mass is 79.9. The van der Waals surface area contributed by atoms with Crippen molar-refractivity contribution in [3.63, 3.8) is 0 Å². The highest BCUT2D eigenvalue weighted by Gasteiger charge is 2.19. The predicted octanol–water partition coefficient (Wildman–Crippen LogP) is 2.99. The lowest BCUT2D eigenvalue weighted by Crippen LogP contribution is -2.23. The molecule has 1 aliphatic rings. The van der Waals surface area contributed by atoms with E-state index in [-0.39, 0.29) is 0 Å². The summed E-state index contributed by atoms with van der Waals surface area (Å²) in [6, 6.07) is 7.31. The second-order valence-electron chi connectivity index (χ2n) is 4.83. The van der Waals surface area contributed by atoms with Gasteiger partial charge in [-0.2, -0.15) is 0 Å². The first kappa shape index (κ1) is 13.1. The topological polar surface area (TPSA) is 24.1 Å². The van der Waals surface area contributed by atoms with Crippen LogP contribution in [-0.4, -0.2) is 19.1 Å². The number of benzene rings is 1. The van der Waals surface area contributed by atoms with E-state index in [1.54, 1.807) is 0 Å². The third-order valence-corrected chi connectivity index (χ3v) is 3.65. The molecule has 2 rings (SSSR count). The number of hydrogen-bond acceptors (Lipinski definition) is 2. The Balaban J connectivity index is 1.60. The number of aryl methyl sites for hydroxylation is 1. The second-order valence-corrected chi connectivity index (χ2v) is 5.75. The lowest BCUT2D eigenvalue weighted by atomic mass is 10.1. The van der Waals surface area contributed by atoms with Gasteiger partial charge in [-0.15, -0.1) is 0 Å². The van der Waals surface area contributed by atoms with Gasteiger partial charge in [0, 0.05) is 17.1 Å². The molecule has 0 radical (unpaired) electrons. The summed E-state index contributed by atoms with van der Waals surface area (Å²) in [5, 5.41) is 7.03. The molecule has 0 atom stereocenters. The predicted molar refractivity (Wildman–Crippen MR) is 76.2 cm³/mol. The zero-order valence-electron chi connectivity index (χ0n) is 10.4. The van der Waals surface area contributed by atoms with Crippen LogP contribution in [0.4, 0.5) is 0 Å². The number of halogens is 1. The molecule has 2 N–H and O–H groups in total. The summed E-state index contributed by atoms with van der Waals surface area (Å²) in [5.74, 6) is 0. The molecule has 94 valence electrons. The van der Waals surface area contributed by atoms with E-state index in [0.29, 0.717) is 0 Å². The lowest BCUT2D eigenvalue weighted by molar-refractivity contribution is 0.592. The summed E-state index contributed by atoms with van der Waals surface area (Å²) in [4.78, 5) is 0. The summed E-state index contributed by atoms with van der Waals surface area (Å²) < 4.78 is 1.16. The minimum Gasteiger partial charge on any atom is -0.314 e. The summed E-state index contributed by atoms with van der Waals surface area (Å²) in [6.45, 7) is 5.38. The molecule has 0 heterocycles. The Hall–Kier alpha value is -0.380. The van der Waals surface area contributed by atoms with Gasteiger partial charge in [0.25, 0.3) is 0 Å². The van der Waals surface area contributed by atoms with Crippen molar-refractivity contribution in [1.29, 1.82) is 0 Å². The van der Waals surface area contributed by atoms with Crippen molar-refractivity contribution in [3.05, 3.63) is 33.8 Å². The minimum atomic E-state index is 0.837. The van der Waals surface area contributed by atoms with Gasteiger partial charge in [-0.1, -0.05) is 22.0 Å². The maximum Gasteiger partial charge on any atom is 0.0208 e. The third-order valence-electron chi connectivity index (χ3n) is 3.16. The number of hydrogen-bond donors (Lipinski definition) is 2. The Morgan fingerprint density at radius 1 is 1.29 bits per heavy atom. The molecule has 0 bridgehead atoms. The van der Waals surface area contributed by atoms with Crippen LogP contribution in [0.25, 0.3) is 0 Å². The molecular weight excluding hydrogens is 276 g/mol. The average Bonchev–Trinajstić information content (AvgIpc) is 3.09. The van der Waals surface area contributed by atoms with Crippen molar-refractivity contribution in [3.8, 4) is 0 Å². The summed E-state index contributed by atoms with van der Waals surface area (Å²) in [7, 11) is 0. The molecule has 0 spiro atoms. The van der Waals surface area contributed by atoms with Gasteiger partial charge in [0.2, 0.25) is 0 Å². The molecule has 0 unspecified atom stereocenters. The van der Waals surface area contributed by atoms with Crippen molar-refractivity contribution in [2.24, 2.45) is 0 Å². The van der Waals surface area contributed by atoms with E-state index >= 15 is 0 Å². The highest BCUT2D eigenvalue weighted by molar-refractivity contribution is 9.10. The molecule has 1 fully saturated rings. The Bertz CT molecular complexity index is 361. The molecule has 0 aromatic heterocycles. The molecule has 1 aromatic carbocycles. The van der Waals surface area contributed by atoms with Crippen molar-refractivity contribution in [2.45, 2.75) is 38.8 Å². The first-order valence-corrected chi connectivity index (χ1v) is 7.24. The van der Waals surface area contributed by atoms with Crippen LogP contribution < -0.4 is 10.6 Å². The quantitative estimate of drug-likeness (QED) is 0.756. The fourth-order valence-electron chi connectivity index (χ4n) is 1.89. The summed E-state index contributed by atoms with van der Waals surface area (Å²) in [6.07, 6.45) is 3.98. The van der Waals surface area contributed by atoms with E-state index in [9.17, 15) is 0 Å². The smallest absolute Gasteiger partial charge is 0.0208 e. The Morgan fingerprint density at radius 3 is 2.82 bits per heavy atom. The van der Waals surface area contributed by atoms with Crippen molar-refractivity contribution >= 4 is 15.9 Å². The van der Waals surface area contributed by atoms with E-state index in [1.165, 1.54) is 30.4 Å². The van der Waals surface area contributed by atoms with Gasteiger partial charge in [0.05, 0.1) is 0 Å². The molecule has 1 aliphatic carbocycles. The SMILES string of the molecule is Cc1cc(Br)ccc1CNCCCNC1CC1. The van der Waals surface area contributed by atoms with Crippen LogP contribution in [-0.2, 0) is 6.54 Å². The monoisotopic (exact) mass is 296 g/mol. The van der Waals surface area contributed by atoms with Gasteiger partial charge in [0.15, 0.2) is 0 Å². The average molecular weight is 297 g/mol. The van der Waals surface area contributed by atoms with Gasteiger partial charge in [-0.05, 0) is 62.5 Å². The Labute approximate surface area is 112 Å². The van der Waals surface area contributed by atoms with Crippen molar-refractivity contribution < 1.29 is 0 Å². The molecule has 1 saturated carbocycles. The van der Waals surface area contributed by atoms with Gasteiger partial charge < -0.3 is 10.6 Å². The highest BCUT2D eigenvalue weighted by Crippen LogP contribution is 2.18. The van der Waals surface area contributed by atoms with Crippen LogP contribution in [0.15, 0.2) is 22.7 Å².